The highest BCUT2D eigenvalue weighted by atomic mass is 16.5. The van der Waals surface area contributed by atoms with Crippen molar-refractivity contribution >= 4 is 11.9 Å². The molecule has 0 radical (unpaired) electrons. The van der Waals surface area contributed by atoms with Crippen LogP contribution in [0.1, 0.15) is 37.0 Å². The zero-order valence-electron chi connectivity index (χ0n) is 13.6. The maximum atomic E-state index is 12.6. The summed E-state index contributed by atoms with van der Waals surface area (Å²) in [5.74, 6) is 0.251. The van der Waals surface area contributed by atoms with Crippen molar-refractivity contribution in [3.63, 3.8) is 0 Å². The number of benzene rings is 1. The zero-order valence-corrected chi connectivity index (χ0v) is 13.6. The Hall–Kier alpha value is -2.24. The Morgan fingerprint density at radius 1 is 1.22 bits per heavy atom. The van der Waals surface area contributed by atoms with Gasteiger partial charge >= 0.3 is 5.97 Å². The standard InChI is InChI=1S/C17H23NO5/c1-3-18(10-12-5-6-12)17(21)13-7-8-14(23-11-16(19)20)15(9-13)22-4-2/h7-9,12H,3-6,10-11H2,1-2H3,(H,19,20). The molecule has 0 atom stereocenters. The van der Waals surface area contributed by atoms with Crippen LogP contribution in [0.2, 0.25) is 0 Å². The van der Waals surface area contributed by atoms with Crippen LogP contribution in [-0.2, 0) is 4.79 Å². The van der Waals surface area contributed by atoms with E-state index in [1.54, 1.807) is 18.2 Å². The summed E-state index contributed by atoms with van der Waals surface area (Å²) in [7, 11) is 0. The number of nitrogens with zero attached hydrogens (tertiary/aromatic N) is 1. The minimum absolute atomic E-state index is 0.0369. The highest BCUT2D eigenvalue weighted by molar-refractivity contribution is 5.95. The topological polar surface area (TPSA) is 76.1 Å². The van der Waals surface area contributed by atoms with Gasteiger partial charge in [-0.15, -0.1) is 0 Å². The van der Waals surface area contributed by atoms with Gasteiger partial charge in [-0.3, -0.25) is 4.79 Å². The number of ether oxygens (including phenoxy) is 2. The van der Waals surface area contributed by atoms with Crippen molar-refractivity contribution in [3.05, 3.63) is 23.8 Å². The fraction of sp³-hybridized carbons (Fsp3) is 0.529. The number of hydrogen-bond acceptors (Lipinski definition) is 4. The van der Waals surface area contributed by atoms with Gasteiger partial charge in [-0.05, 0) is 50.8 Å². The first-order valence-electron chi connectivity index (χ1n) is 7.95. The van der Waals surface area contributed by atoms with Gasteiger partial charge in [0.25, 0.3) is 5.91 Å². The lowest BCUT2D eigenvalue weighted by Crippen LogP contribution is -2.32. The third-order valence-corrected chi connectivity index (χ3v) is 3.69. The molecular formula is C17H23NO5. The summed E-state index contributed by atoms with van der Waals surface area (Å²) >= 11 is 0. The third kappa shape index (κ3) is 4.87. The van der Waals surface area contributed by atoms with Gasteiger partial charge in [0.05, 0.1) is 6.61 Å². The largest absolute Gasteiger partial charge is 0.490 e. The van der Waals surface area contributed by atoms with E-state index < -0.39 is 12.6 Å². The zero-order chi connectivity index (χ0) is 16.8. The van der Waals surface area contributed by atoms with Crippen LogP contribution in [0.5, 0.6) is 11.5 Å². The normalized spacial score (nSPS) is 13.5. The van der Waals surface area contributed by atoms with Gasteiger partial charge in [0.15, 0.2) is 18.1 Å². The molecule has 6 nitrogen and oxygen atoms in total. The Kier molecular flexibility index (Phi) is 5.84. The van der Waals surface area contributed by atoms with Crippen molar-refractivity contribution in [1.29, 1.82) is 0 Å². The highest BCUT2D eigenvalue weighted by Gasteiger charge is 2.26. The van der Waals surface area contributed by atoms with Crippen molar-refractivity contribution < 1.29 is 24.2 Å². The van der Waals surface area contributed by atoms with E-state index in [4.69, 9.17) is 14.6 Å². The molecule has 1 saturated carbocycles. The molecule has 1 aliphatic rings. The van der Waals surface area contributed by atoms with Crippen molar-refractivity contribution in [2.45, 2.75) is 26.7 Å². The van der Waals surface area contributed by atoms with E-state index in [-0.39, 0.29) is 5.91 Å². The van der Waals surface area contributed by atoms with E-state index in [2.05, 4.69) is 0 Å². The number of carboxylic acid groups (broad SMARTS) is 1. The first-order chi connectivity index (χ1) is 11.0. The molecule has 6 heteroatoms. The molecule has 0 aromatic heterocycles. The van der Waals surface area contributed by atoms with Crippen LogP contribution in [0.15, 0.2) is 18.2 Å². The summed E-state index contributed by atoms with van der Waals surface area (Å²) in [4.78, 5) is 25.1. The molecule has 1 N–H and O–H groups in total. The molecular weight excluding hydrogens is 298 g/mol. The van der Waals surface area contributed by atoms with Crippen LogP contribution in [0, 0.1) is 5.92 Å². The van der Waals surface area contributed by atoms with Crippen molar-refractivity contribution in [2.24, 2.45) is 5.92 Å². The third-order valence-electron chi connectivity index (χ3n) is 3.69. The van der Waals surface area contributed by atoms with Gasteiger partial charge in [0, 0.05) is 18.7 Å². The fourth-order valence-electron chi connectivity index (χ4n) is 2.32. The molecule has 0 unspecified atom stereocenters. The molecule has 1 fully saturated rings. The molecule has 1 aromatic carbocycles. The molecule has 0 bridgehead atoms. The summed E-state index contributed by atoms with van der Waals surface area (Å²) in [5, 5.41) is 8.71. The minimum atomic E-state index is -1.06. The van der Waals surface area contributed by atoms with Crippen LogP contribution in [-0.4, -0.2) is 48.2 Å². The molecule has 1 aliphatic carbocycles. The predicted octanol–water partition coefficient (Wildman–Crippen LogP) is 2.42. The summed E-state index contributed by atoms with van der Waals surface area (Å²) < 4.78 is 10.7. The smallest absolute Gasteiger partial charge is 0.341 e. The second kappa shape index (κ2) is 7.85. The number of carbonyl (C=O) groups excluding carboxylic acids is 1. The van der Waals surface area contributed by atoms with E-state index in [1.807, 2.05) is 18.7 Å². The van der Waals surface area contributed by atoms with Crippen LogP contribution >= 0.6 is 0 Å². The van der Waals surface area contributed by atoms with Crippen LogP contribution < -0.4 is 9.47 Å². The Morgan fingerprint density at radius 2 is 1.96 bits per heavy atom. The number of hydrogen-bond donors (Lipinski definition) is 1. The highest BCUT2D eigenvalue weighted by Crippen LogP contribution is 2.32. The lowest BCUT2D eigenvalue weighted by atomic mass is 10.1. The second-order valence-electron chi connectivity index (χ2n) is 5.56. The summed E-state index contributed by atoms with van der Waals surface area (Å²) in [6.07, 6.45) is 2.38. The number of carbonyl (C=O) groups is 2. The lowest BCUT2D eigenvalue weighted by molar-refractivity contribution is -0.139. The molecule has 0 saturated heterocycles. The maximum Gasteiger partial charge on any atom is 0.341 e. The fourth-order valence-corrected chi connectivity index (χ4v) is 2.32. The number of aliphatic carboxylic acids is 1. The van der Waals surface area contributed by atoms with E-state index in [0.717, 1.165) is 6.54 Å². The van der Waals surface area contributed by atoms with Gasteiger partial charge in [-0.25, -0.2) is 4.79 Å². The van der Waals surface area contributed by atoms with Gasteiger partial charge in [-0.2, -0.15) is 0 Å². The Bertz CT molecular complexity index is 568. The molecule has 23 heavy (non-hydrogen) atoms. The summed E-state index contributed by atoms with van der Waals surface area (Å²) in [6, 6.07) is 4.86. The second-order valence-corrected chi connectivity index (χ2v) is 5.56. The maximum absolute atomic E-state index is 12.6. The van der Waals surface area contributed by atoms with Gasteiger partial charge in [-0.1, -0.05) is 0 Å². The SMILES string of the molecule is CCOc1cc(C(=O)N(CC)CC2CC2)ccc1OCC(=O)O. The van der Waals surface area contributed by atoms with Crippen molar-refractivity contribution in [3.8, 4) is 11.5 Å². The molecule has 0 heterocycles. The van der Waals surface area contributed by atoms with Gasteiger partial charge < -0.3 is 19.5 Å². The predicted molar refractivity (Wildman–Crippen MR) is 85.0 cm³/mol. The van der Waals surface area contributed by atoms with Gasteiger partial charge in [0.2, 0.25) is 0 Å². The molecule has 0 spiro atoms. The average Bonchev–Trinajstić information content (AvgIpc) is 3.35. The molecule has 1 amide bonds. The van der Waals surface area contributed by atoms with Crippen molar-refractivity contribution in [1.82, 2.24) is 4.90 Å². The van der Waals surface area contributed by atoms with E-state index >= 15 is 0 Å². The quantitative estimate of drug-likeness (QED) is 0.756. The first-order valence-corrected chi connectivity index (χ1v) is 7.95. The molecule has 1 aromatic rings. The van der Waals surface area contributed by atoms with Crippen molar-refractivity contribution in [2.75, 3.05) is 26.3 Å². The van der Waals surface area contributed by atoms with E-state index in [0.29, 0.717) is 36.1 Å². The lowest BCUT2D eigenvalue weighted by Gasteiger charge is -2.21. The summed E-state index contributed by atoms with van der Waals surface area (Å²) in [5.41, 5.74) is 0.527. The number of amides is 1. The monoisotopic (exact) mass is 321 g/mol. The van der Waals surface area contributed by atoms with Crippen LogP contribution in [0.3, 0.4) is 0 Å². The Morgan fingerprint density at radius 3 is 2.52 bits per heavy atom. The molecule has 126 valence electrons. The van der Waals surface area contributed by atoms with E-state index in [9.17, 15) is 9.59 Å². The Balaban J connectivity index is 2.15. The van der Waals surface area contributed by atoms with Gasteiger partial charge in [0.1, 0.15) is 0 Å². The average molecular weight is 321 g/mol. The van der Waals surface area contributed by atoms with E-state index in [1.165, 1.54) is 12.8 Å². The molecule has 2 rings (SSSR count). The minimum Gasteiger partial charge on any atom is -0.490 e. The van der Waals surface area contributed by atoms with Crippen LogP contribution in [0.4, 0.5) is 0 Å². The first kappa shape index (κ1) is 17.1. The number of carboxylic acids is 1. The molecule has 0 aliphatic heterocycles. The number of rotatable bonds is 9. The summed E-state index contributed by atoms with van der Waals surface area (Å²) in [6.45, 7) is 5.19. The van der Waals surface area contributed by atoms with Crippen LogP contribution in [0.25, 0.3) is 0 Å². The Labute approximate surface area is 136 Å².